The van der Waals surface area contributed by atoms with Gasteiger partial charge in [-0.05, 0) is 221 Å². The summed E-state index contributed by atoms with van der Waals surface area (Å²) in [7, 11) is 0. The monoisotopic (exact) mass is 865 g/mol. The summed E-state index contributed by atoms with van der Waals surface area (Å²) in [6, 6.07) is 0. The summed E-state index contributed by atoms with van der Waals surface area (Å²) in [4.78, 5) is 25.7. The zero-order chi connectivity index (χ0) is 43.9. The van der Waals surface area contributed by atoms with Gasteiger partial charge in [-0.1, -0.05) is 41.5 Å². The van der Waals surface area contributed by atoms with Crippen LogP contribution < -0.4 is 10.6 Å². The summed E-state index contributed by atoms with van der Waals surface area (Å²) in [5.41, 5.74) is 1.68. The number of aliphatic hydroxyl groups is 2. The number of fused-ring (bicyclic) bond motifs is 10. The lowest BCUT2D eigenvalue weighted by atomic mass is 9.44. The molecule has 0 heterocycles. The molecule has 8 aliphatic carbocycles. The normalized spacial score (nSPS) is 45.6. The maximum absolute atomic E-state index is 12.8. The van der Waals surface area contributed by atoms with Crippen LogP contribution in [0.15, 0.2) is 0 Å². The maximum atomic E-state index is 12.8. The molecule has 4 N–H and O–H groups in total. The predicted octanol–water partition coefficient (Wildman–Crippen LogP) is 10.1. The molecule has 0 unspecified atom stereocenters. The first-order chi connectivity index (χ1) is 29.7. The molecule has 62 heavy (non-hydrogen) atoms. The number of ether oxygens (including phenoxy) is 2. The lowest BCUT2D eigenvalue weighted by Crippen LogP contribution is -2.54. The van der Waals surface area contributed by atoms with Crippen molar-refractivity contribution in [3.05, 3.63) is 0 Å². The number of amides is 2. The summed E-state index contributed by atoms with van der Waals surface area (Å²) in [6.07, 6.45) is 25.6. The Bertz CT molecular complexity index is 1410. The van der Waals surface area contributed by atoms with Gasteiger partial charge in [0.2, 0.25) is 11.8 Å². The topological polar surface area (TPSA) is 117 Å². The number of carbonyl (C=O) groups is 2. The predicted molar refractivity (Wildman–Crippen MR) is 247 cm³/mol. The Morgan fingerprint density at radius 1 is 0.516 bits per heavy atom. The summed E-state index contributed by atoms with van der Waals surface area (Å²) in [6.45, 7) is 18.2. The number of aliphatic hydroxyl groups excluding tert-OH is 2. The number of rotatable bonds is 17. The first kappa shape index (κ1) is 47.3. The van der Waals surface area contributed by atoms with Gasteiger partial charge in [-0.25, -0.2) is 0 Å². The van der Waals surface area contributed by atoms with Crippen LogP contribution in [0.2, 0.25) is 0 Å². The number of carbonyl (C=O) groups excluding carboxylic acids is 2. The van der Waals surface area contributed by atoms with E-state index in [1.807, 2.05) is 0 Å². The third-order valence-corrected chi connectivity index (χ3v) is 22.0. The van der Waals surface area contributed by atoms with Gasteiger partial charge in [0.25, 0.3) is 0 Å². The van der Waals surface area contributed by atoms with Crippen molar-refractivity contribution in [1.29, 1.82) is 0 Å². The second-order valence-electron chi connectivity index (χ2n) is 24.6. The second-order valence-corrected chi connectivity index (χ2v) is 24.6. The van der Waals surface area contributed by atoms with Crippen molar-refractivity contribution in [2.24, 2.45) is 92.7 Å². The van der Waals surface area contributed by atoms with E-state index < -0.39 is 0 Å². The molecule has 8 aliphatic rings. The Morgan fingerprint density at radius 2 is 0.903 bits per heavy atom. The zero-order valence-corrected chi connectivity index (χ0v) is 40.4. The molecule has 18 atom stereocenters. The molecule has 8 saturated carbocycles. The third kappa shape index (κ3) is 9.23. The molecular weight excluding hydrogens is 773 g/mol. The SMILES string of the molecule is C[C@H](CCC(=O)NCCOCCOCCNC(=O)CC[C@@H](C)[C@H]1CC[C@H]2[C@@H]3CC[C@@H]4C[C@H](O)CC[C@]4(C)[C@H]3CC[C@]12C)[C@H]1CC[C@H]2[C@@H]3CC[C@@H]4C[C@H](O)CC[C@]4(C)[C@H]3CC[C@]12C. The number of hydrogen-bond donors (Lipinski definition) is 4. The summed E-state index contributed by atoms with van der Waals surface area (Å²) >= 11 is 0. The molecule has 354 valence electrons. The highest BCUT2D eigenvalue weighted by Crippen LogP contribution is 2.70. The standard InChI is InChI=1S/C54H92N2O6/c1-35(43-13-15-45-41-11-9-37-33-39(57)19-23-51(37,3)47(41)21-25-53(43,45)5)7-17-49(59)55-27-29-61-31-32-62-30-28-56-50(60)18-8-36(2)44-14-16-46-42-12-10-38-34-40(58)20-24-52(38,4)48(42)22-26-54(44,46)6/h35-48,57-58H,7-34H2,1-6H3,(H,55,59)(H,56,60)/t35-,36-,37-,38-,39-,40-,41+,42+,43-,44-,45+,46+,47+,48+,51+,52+,53-,54-/m1/s1. The quantitative estimate of drug-likeness (QED) is 0.108. The van der Waals surface area contributed by atoms with Gasteiger partial charge in [0.15, 0.2) is 0 Å². The lowest BCUT2D eigenvalue weighted by molar-refractivity contribution is -0.130. The van der Waals surface area contributed by atoms with Gasteiger partial charge in [0.1, 0.15) is 0 Å². The molecule has 8 rings (SSSR count). The fourth-order valence-electron chi connectivity index (χ4n) is 18.6. The van der Waals surface area contributed by atoms with Crippen molar-refractivity contribution >= 4 is 11.8 Å². The van der Waals surface area contributed by atoms with Crippen LogP contribution in [0.5, 0.6) is 0 Å². The maximum Gasteiger partial charge on any atom is 0.220 e. The lowest BCUT2D eigenvalue weighted by Gasteiger charge is -2.61. The van der Waals surface area contributed by atoms with E-state index in [0.717, 1.165) is 74.0 Å². The molecule has 0 aliphatic heterocycles. The molecule has 0 aromatic heterocycles. The fraction of sp³-hybridized carbons (Fsp3) is 0.963. The van der Waals surface area contributed by atoms with Crippen molar-refractivity contribution in [3.8, 4) is 0 Å². The van der Waals surface area contributed by atoms with E-state index in [0.29, 0.717) is 110 Å². The minimum atomic E-state index is -0.0735. The van der Waals surface area contributed by atoms with Crippen molar-refractivity contribution in [2.45, 2.75) is 195 Å². The van der Waals surface area contributed by atoms with E-state index in [9.17, 15) is 19.8 Å². The first-order valence-corrected chi connectivity index (χ1v) is 26.7. The highest BCUT2D eigenvalue weighted by molar-refractivity contribution is 5.76. The number of nitrogens with one attached hydrogen (secondary N) is 2. The van der Waals surface area contributed by atoms with Crippen LogP contribution in [0.3, 0.4) is 0 Å². The minimum absolute atomic E-state index is 0.0735. The van der Waals surface area contributed by atoms with Crippen molar-refractivity contribution in [3.63, 3.8) is 0 Å². The Morgan fingerprint density at radius 3 is 1.32 bits per heavy atom. The molecule has 0 aromatic carbocycles. The van der Waals surface area contributed by atoms with E-state index in [1.165, 1.54) is 89.9 Å². The first-order valence-electron chi connectivity index (χ1n) is 26.7. The Kier molecular flexibility index (Phi) is 14.9. The highest BCUT2D eigenvalue weighted by atomic mass is 16.5. The van der Waals surface area contributed by atoms with E-state index in [-0.39, 0.29) is 24.0 Å². The van der Waals surface area contributed by atoms with E-state index in [1.54, 1.807) is 0 Å². The zero-order valence-electron chi connectivity index (χ0n) is 40.4. The van der Waals surface area contributed by atoms with Gasteiger partial charge in [-0.3, -0.25) is 9.59 Å². The van der Waals surface area contributed by atoms with Gasteiger partial charge in [-0.15, -0.1) is 0 Å². The van der Waals surface area contributed by atoms with E-state index in [2.05, 4.69) is 52.2 Å². The molecule has 0 aromatic rings. The van der Waals surface area contributed by atoms with Crippen LogP contribution in [-0.4, -0.2) is 73.8 Å². The third-order valence-electron chi connectivity index (χ3n) is 22.0. The molecule has 8 nitrogen and oxygen atoms in total. The summed E-state index contributed by atoms with van der Waals surface area (Å²) in [5.74, 6) is 9.32. The molecule has 0 spiro atoms. The molecule has 0 saturated heterocycles. The van der Waals surface area contributed by atoms with Gasteiger partial charge >= 0.3 is 0 Å². The summed E-state index contributed by atoms with van der Waals surface area (Å²) in [5, 5.41) is 27.0. The van der Waals surface area contributed by atoms with E-state index in [4.69, 9.17) is 9.47 Å². The van der Waals surface area contributed by atoms with Crippen molar-refractivity contribution in [1.82, 2.24) is 10.6 Å². The van der Waals surface area contributed by atoms with Gasteiger partial charge in [0.05, 0.1) is 38.6 Å². The van der Waals surface area contributed by atoms with Crippen LogP contribution in [0, 0.1) is 92.7 Å². The average molecular weight is 865 g/mol. The Balaban J connectivity index is 0.646. The molecule has 0 radical (unpaired) electrons. The second kappa shape index (κ2) is 19.6. The largest absolute Gasteiger partial charge is 0.393 e. The van der Waals surface area contributed by atoms with Crippen molar-refractivity contribution in [2.75, 3.05) is 39.5 Å². The van der Waals surface area contributed by atoms with Crippen LogP contribution in [-0.2, 0) is 19.1 Å². The Labute approximate surface area is 377 Å². The van der Waals surface area contributed by atoms with Crippen LogP contribution in [0.4, 0.5) is 0 Å². The van der Waals surface area contributed by atoms with Gasteiger partial charge < -0.3 is 30.3 Å². The minimum Gasteiger partial charge on any atom is -0.393 e. The summed E-state index contributed by atoms with van der Waals surface area (Å²) < 4.78 is 11.5. The highest BCUT2D eigenvalue weighted by Gasteiger charge is 2.62. The van der Waals surface area contributed by atoms with Crippen LogP contribution in [0.25, 0.3) is 0 Å². The fourth-order valence-corrected chi connectivity index (χ4v) is 18.6. The molecule has 2 amide bonds. The van der Waals surface area contributed by atoms with E-state index >= 15 is 0 Å². The molecule has 8 fully saturated rings. The molecular formula is C54H92N2O6. The average Bonchev–Trinajstić information content (AvgIpc) is 3.80. The van der Waals surface area contributed by atoms with Crippen molar-refractivity contribution < 1.29 is 29.3 Å². The smallest absolute Gasteiger partial charge is 0.220 e. The molecule has 0 bridgehead atoms. The van der Waals surface area contributed by atoms with Crippen LogP contribution >= 0.6 is 0 Å². The van der Waals surface area contributed by atoms with Gasteiger partial charge in [0, 0.05) is 25.9 Å². The molecule has 8 heteroatoms. The van der Waals surface area contributed by atoms with Crippen LogP contribution in [0.1, 0.15) is 183 Å². The van der Waals surface area contributed by atoms with Gasteiger partial charge in [-0.2, -0.15) is 0 Å². The number of hydrogen-bond acceptors (Lipinski definition) is 6. The Hall–Kier alpha value is -1.22.